The van der Waals surface area contributed by atoms with Gasteiger partial charge in [-0.15, -0.1) is 0 Å². The van der Waals surface area contributed by atoms with E-state index in [1.54, 1.807) is 12.4 Å². The Morgan fingerprint density at radius 3 is 2.90 bits per heavy atom. The molecule has 1 amide bonds. The van der Waals surface area contributed by atoms with Gasteiger partial charge in [0.15, 0.2) is 0 Å². The second kappa shape index (κ2) is 6.89. The van der Waals surface area contributed by atoms with E-state index in [1.807, 2.05) is 30.5 Å². The number of aromatic nitrogens is 3. The van der Waals surface area contributed by atoms with Crippen molar-refractivity contribution in [3.05, 3.63) is 54.0 Å². The molecule has 0 unspecified atom stereocenters. The van der Waals surface area contributed by atoms with Crippen molar-refractivity contribution in [1.82, 2.24) is 19.9 Å². The Kier molecular flexibility index (Phi) is 4.20. The number of hydrogen-bond donors (Lipinski definition) is 1. The van der Waals surface area contributed by atoms with Crippen LogP contribution < -0.4 is 4.90 Å². The minimum absolute atomic E-state index is 0.0109. The third-order valence-corrected chi connectivity index (χ3v) is 6.19. The Bertz CT molecular complexity index is 1110. The van der Waals surface area contributed by atoms with Crippen molar-refractivity contribution in [2.24, 2.45) is 0 Å². The highest BCUT2D eigenvalue weighted by Crippen LogP contribution is 2.46. The minimum atomic E-state index is -0.0109. The number of benzene rings is 1. The normalized spacial score (nSPS) is 17.9. The number of H-pyrrole nitrogens is 1. The van der Waals surface area contributed by atoms with Crippen LogP contribution in [-0.4, -0.2) is 50.9 Å². The molecule has 1 aromatic carbocycles. The molecule has 1 aliphatic carbocycles. The fourth-order valence-electron chi connectivity index (χ4n) is 4.44. The van der Waals surface area contributed by atoms with E-state index in [2.05, 4.69) is 30.8 Å². The van der Waals surface area contributed by atoms with Gasteiger partial charge in [-0.2, -0.15) is 5.26 Å². The number of hydrogen-bond acceptors (Lipinski definition) is 5. The molecule has 1 saturated heterocycles. The second-order valence-corrected chi connectivity index (χ2v) is 7.93. The number of rotatable bonds is 3. The first-order valence-electron chi connectivity index (χ1n) is 10.0. The van der Waals surface area contributed by atoms with Gasteiger partial charge in [0.05, 0.1) is 23.4 Å². The molecule has 0 bridgehead atoms. The van der Waals surface area contributed by atoms with Crippen LogP contribution in [0.3, 0.4) is 0 Å². The van der Waals surface area contributed by atoms with Crippen molar-refractivity contribution in [3.63, 3.8) is 0 Å². The average Bonchev–Trinajstić information content (AvgIpc) is 3.41. The molecule has 7 heteroatoms. The van der Waals surface area contributed by atoms with Gasteiger partial charge < -0.3 is 14.8 Å². The number of nitrogens with zero attached hydrogens (tertiary/aromatic N) is 5. The van der Waals surface area contributed by atoms with Gasteiger partial charge in [-0.1, -0.05) is 12.1 Å². The van der Waals surface area contributed by atoms with Gasteiger partial charge >= 0.3 is 0 Å². The largest absolute Gasteiger partial charge is 0.354 e. The van der Waals surface area contributed by atoms with E-state index in [-0.39, 0.29) is 11.4 Å². The summed E-state index contributed by atoms with van der Waals surface area (Å²) in [4.78, 5) is 29.5. The maximum Gasteiger partial charge on any atom is 0.227 e. The van der Waals surface area contributed by atoms with E-state index in [1.165, 1.54) is 0 Å². The molecule has 2 aromatic heterocycles. The number of carbonyl (C=O) groups excluding carboxylic acids is 1. The van der Waals surface area contributed by atoms with Crippen LogP contribution in [0.25, 0.3) is 11.0 Å². The van der Waals surface area contributed by atoms with Crippen molar-refractivity contribution in [1.29, 1.82) is 5.26 Å². The Hall–Kier alpha value is -3.40. The van der Waals surface area contributed by atoms with Gasteiger partial charge in [0.1, 0.15) is 17.8 Å². The Balaban J connectivity index is 1.36. The highest BCUT2D eigenvalue weighted by atomic mass is 16.2. The predicted molar refractivity (Wildman–Crippen MR) is 109 cm³/mol. The average molecular weight is 386 g/mol. The summed E-state index contributed by atoms with van der Waals surface area (Å²) in [5, 5.41) is 10.1. The third kappa shape index (κ3) is 3.21. The van der Waals surface area contributed by atoms with Gasteiger partial charge in [0.25, 0.3) is 0 Å². The summed E-state index contributed by atoms with van der Waals surface area (Å²) < 4.78 is 0. The lowest BCUT2D eigenvalue weighted by atomic mass is 10.1. The van der Waals surface area contributed by atoms with Crippen LogP contribution in [0.2, 0.25) is 0 Å². The van der Waals surface area contributed by atoms with Crippen LogP contribution in [0.5, 0.6) is 0 Å². The summed E-state index contributed by atoms with van der Waals surface area (Å²) in [7, 11) is 0. The van der Waals surface area contributed by atoms with E-state index in [0.29, 0.717) is 18.5 Å². The quantitative estimate of drug-likeness (QED) is 0.747. The van der Waals surface area contributed by atoms with Gasteiger partial charge in [-0.05, 0) is 43.0 Å². The minimum Gasteiger partial charge on any atom is -0.354 e. The lowest BCUT2D eigenvalue weighted by Gasteiger charge is -2.30. The molecule has 1 aliphatic heterocycles. The van der Waals surface area contributed by atoms with Gasteiger partial charge in [-0.25, -0.2) is 9.97 Å². The molecule has 1 saturated carbocycles. The smallest absolute Gasteiger partial charge is 0.227 e. The van der Waals surface area contributed by atoms with Crippen molar-refractivity contribution in [2.45, 2.75) is 31.2 Å². The predicted octanol–water partition coefficient (Wildman–Crippen LogP) is 2.64. The zero-order chi connectivity index (χ0) is 19.8. The van der Waals surface area contributed by atoms with Crippen molar-refractivity contribution >= 4 is 22.8 Å². The molecule has 1 spiro atoms. The van der Waals surface area contributed by atoms with Crippen LogP contribution >= 0.6 is 0 Å². The first kappa shape index (κ1) is 17.7. The number of fused-ring (bicyclic) bond motifs is 1. The molecule has 146 valence electrons. The fraction of sp³-hybridized carbons (Fsp3) is 0.364. The number of anilines is 1. The summed E-state index contributed by atoms with van der Waals surface area (Å²) in [6.45, 7) is 2.32. The molecular weight excluding hydrogens is 364 g/mol. The van der Waals surface area contributed by atoms with Crippen molar-refractivity contribution in [3.8, 4) is 6.07 Å². The molecule has 3 heterocycles. The summed E-state index contributed by atoms with van der Waals surface area (Å²) in [6, 6.07) is 11.5. The topological polar surface area (TPSA) is 88.9 Å². The molecule has 2 fully saturated rings. The maximum atomic E-state index is 13.2. The lowest BCUT2D eigenvalue weighted by molar-refractivity contribution is -0.133. The Morgan fingerprint density at radius 1 is 1.17 bits per heavy atom. The van der Waals surface area contributed by atoms with E-state index in [4.69, 9.17) is 5.26 Å². The number of nitrogens with one attached hydrogen (secondary N) is 1. The zero-order valence-electron chi connectivity index (χ0n) is 16.1. The standard InChI is InChI=1S/C22H22N6O/c23-14-17-3-1-2-16(12-17)13-19(29)28-11-10-27(9-7-22(28)5-6-22)21-18-4-8-24-20(18)25-15-26-21/h1-4,8,12,15H,5-7,9-11,13H2,(H,24,25,26). The molecule has 29 heavy (non-hydrogen) atoms. The molecule has 2 aliphatic rings. The first-order valence-corrected chi connectivity index (χ1v) is 10.0. The van der Waals surface area contributed by atoms with Crippen LogP contribution in [0.15, 0.2) is 42.9 Å². The van der Waals surface area contributed by atoms with E-state index >= 15 is 0 Å². The molecule has 0 radical (unpaired) electrons. The number of aromatic amines is 1. The lowest BCUT2D eigenvalue weighted by Crippen LogP contribution is -2.43. The number of carbonyl (C=O) groups is 1. The van der Waals surface area contributed by atoms with E-state index < -0.39 is 0 Å². The van der Waals surface area contributed by atoms with E-state index in [0.717, 1.165) is 54.8 Å². The highest BCUT2D eigenvalue weighted by molar-refractivity contribution is 5.87. The third-order valence-electron chi connectivity index (χ3n) is 6.19. The SMILES string of the molecule is N#Cc1cccc(CC(=O)N2CCN(c3ncnc4[nH]ccc34)CCC23CC3)c1. The van der Waals surface area contributed by atoms with Crippen molar-refractivity contribution in [2.75, 3.05) is 24.5 Å². The second-order valence-electron chi connectivity index (χ2n) is 7.93. The number of nitriles is 1. The molecule has 0 atom stereocenters. The van der Waals surface area contributed by atoms with E-state index in [9.17, 15) is 4.79 Å². The van der Waals surface area contributed by atoms with Gasteiger partial charge in [0, 0.05) is 31.4 Å². The summed E-state index contributed by atoms with van der Waals surface area (Å²) >= 11 is 0. The number of amides is 1. The highest BCUT2D eigenvalue weighted by Gasteiger charge is 2.50. The van der Waals surface area contributed by atoms with Crippen molar-refractivity contribution < 1.29 is 4.79 Å². The monoisotopic (exact) mass is 386 g/mol. The molecular formula is C22H22N6O. The molecule has 5 rings (SSSR count). The molecule has 7 nitrogen and oxygen atoms in total. The zero-order valence-corrected chi connectivity index (χ0v) is 16.1. The van der Waals surface area contributed by atoms with Crippen LogP contribution in [0.4, 0.5) is 5.82 Å². The Morgan fingerprint density at radius 2 is 2.07 bits per heavy atom. The Labute approximate surface area is 169 Å². The molecule has 1 N–H and O–H groups in total. The van der Waals surface area contributed by atoms with Crippen LogP contribution in [0, 0.1) is 11.3 Å². The van der Waals surface area contributed by atoms with Crippen LogP contribution in [-0.2, 0) is 11.2 Å². The first-order chi connectivity index (χ1) is 14.2. The van der Waals surface area contributed by atoms with Gasteiger partial charge in [-0.3, -0.25) is 4.79 Å². The van der Waals surface area contributed by atoms with Gasteiger partial charge in [0.2, 0.25) is 5.91 Å². The van der Waals surface area contributed by atoms with Crippen LogP contribution in [0.1, 0.15) is 30.4 Å². The maximum absolute atomic E-state index is 13.2. The summed E-state index contributed by atoms with van der Waals surface area (Å²) in [5.74, 6) is 1.08. The summed E-state index contributed by atoms with van der Waals surface area (Å²) in [6.07, 6.45) is 6.90. The molecule has 3 aromatic rings. The fourth-order valence-corrected chi connectivity index (χ4v) is 4.44. The summed E-state index contributed by atoms with van der Waals surface area (Å²) in [5.41, 5.74) is 2.32.